The average Bonchev–Trinajstić information content (AvgIpc) is 2.96. The van der Waals surface area contributed by atoms with E-state index in [2.05, 4.69) is 5.32 Å². The summed E-state index contributed by atoms with van der Waals surface area (Å²) in [5.41, 5.74) is 1.46. The van der Waals surface area contributed by atoms with Crippen molar-refractivity contribution in [2.45, 2.75) is 26.4 Å². The highest BCUT2D eigenvalue weighted by Gasteiger charge is 2.34. The van der Waals surface area contributed by atoms with E-state index in [1.54, 1.807) is 49.6 Å². The fourth-order valence-corrected chi connectivity index (χ4v) is 2.68. The maximum Gasteiger partial charge on any atom is 0.333 e. The summed E-state index contributed by atoms with van der Waals surface area (Å²) in [5.74, 6) is 0.813. The number of nitrogens with zero attached hydrogens (tertiary/aromatic N) is 1. The van der Waals surface area contributed by atoms with Crippen molar-refractivity contribution in [3.8, 4) is 11.5 Å². The molecule has 1 saturated heterocycles. The van der Waals surface area contributed by atoms with Gasteiger partial charge in [-0.2, -0.15) is 0 Å². The Morgan fingerprint density at radius 3 is 2.52 bits per heavy atom. The van der Waals surface area contributed by atoms with E-state index in [0.29, 0.717) is 17.2 Å². The molecule has 3 rings (SSSR count). The molecule has 2 aromatic rings. The standard InChI is InChI=1S/C21H22N2O4/c1-4-14(2)27-18-11-10-15(13-19(18)26-3)12-17-20(24)23(21(25)22-17)16-8-6-5-7-9-16/h5-14H,4H2,1-3H3,(H,22,25)/b17-12+/t14-/m0/s1. The quantitative estimate of drug-likeness (QED) is 0.620. The van der Waals surface area contributed by atoms with Gasteiger partial charge in [0.2, 0.25) is 0 Å². The largest absolute Gasteiger partial charge is 0.493 e. The number of carbonyl (C=O) groups excluding carboxylic acids is 2. The van der Waals surface area contributed by atoms with Crippen LogP contribution >= 0.6 is 0 Å². The molecule has 1 N–H and O–H groups in total. The topological polar surface area (TPSA) is 67.9 Å². The van der Waals surface area contributed by atoms with E-state index in [-0.39, 0.29) is 11.8 Å². The third kappa shape index (κ3) is 3.95. The van der Waals surface area contributed by atoms with E-state index in [4.69, 9.17) is 9.47 Å². The van der Waals surface area contributed by atoms with Gasteiger partial charge in [0.05, 0.1) is 18.9 Å². The number of rotatable bonds is 6. The second-order valence-electron chi connectivity index (χ2n) is 6.21. The first-order valence-electron chi connectivity index (χ1n) is 8.80. The number of methoxy groups -OCH3 is 1. The molecule has 0 spiro atoms. The third-order valence-electron chi connectivity index (χ3n) is 4.29. The zero-order chi connectivity index (χ0) is 19.4. The Morgan fingerprint density at radius 1 is 1.11 bits per heavy atom. The van der Waals surface area contributed by atoms with Crippen LogP contribution in [0, 0.1) is 0 Å². The fraction of sp³-hybridized carbons (Fsp3) is 0.238. The van der Waals surface area contributed by atoms with Gasteiger partial charge in [0.25, 0.3) is 5.91 Å². The van der Waals surface area contributed by atoms with Gasteiger partial charge in [-0.1, -0.05) is 31.2 Å². The molecule has 2 aromatic carbocycles. The van der Waals surface area contributed by atoms with Gasteiger partial charge in [-0.15, -0.1) is 0 Å². The summed E-state index contributed by atoms with van der Waals surface area (Å²) < 4.78 is 11.2. The Hall–Kier alpha value is -3.28. The number of amides is 3. The maximum absolute atomic E-state index is 12.6. The highest BCUT2D eigenvalue weighted by atomic mass is 16.5. The van der Waals surface area contributed by atoms with E-state index >= 15 is 0 Å². The van der Waals surface area contributed by atoms with Gasteiger partial charge in [0.15, 0.2) is 11.5 Å². The summed E-state index contributed by atoms with van der Waals surface area (Å²) in [6.45, 7) is 4.03. The molecule has 0 aromatic heterocycles. The highest BCUT2D eigenvalue weighted by Crippen LogP contribution is 2.30. The number of carbonyl (C=O) groups is 2. The highest BCUT2D eigenvalue weighted by molar-refractivity contribution is 6.28. The van der Waals surface area contributed by atoms with Crippen LogP contribution in [0.1, 0.15) is 25.8 Å². The lowest BCUT2D eigenvalue weighted by molar-refractivity contribution is -0.113. The number of imide groups is 1. The minimum atomic E-state index is -0.471. The molecule has 6 nitrogen and oxygen atoms in total. The molecule has 1 aliphatic rings. The van der Waals surface area contributed by atoms with Crippen LogP contribution in [0.2, 0.25) is 0 Å². The van der Waals surface area contributed by atoms with Crippen LogP contribution in [0.3, 0.4) is 0 Å². The van der Waals surface area contributed by atoms with Crippen LogP contribution in [-0.2, 0) is 4.79 Å². The number of benzene rings is 2. The van der Waals surface area contributed by atoms with Gasteiger partial charge >= 0.3 is 6.03 Å². The van der Waals surface area contributed by atoms with E-state index in [9.17, 15) is 9.59 Å². The van der Waals surface area contributed by atoms with Crippen LogP contribution in [0.4, 0.5) is 10.5 Å². The van der Waals surface area contributed by atoms with Crippen molar-refractivity contribution >= 4 is 23.7 Å². The Bertz CT molecular complexity index is 877. The molecule has 0 saturated carbocycles. The predicted octanol–water partition coefficient (Wildman–Crippen LogP) is 3.97. The molecule has 27 heavy (non-hydrogen) atoms. The Labute approximate surface area is 158 Å². The van der Waals surface area contributed by atoms with Crippen molar-refractivity contribution in [3.05, 3.63) is 59.8 Å². The normalized spacial score (nSPS) is 16.4. The molecule has 1 heterocycles. The Morgan fingerprint density at radius 2 is 1.85 bits per heavy atom. The molecule has 1 aliphatic heterocycles. The van der Waals surface area contributed by atoms with Gasteiger partial charge in [0, 0.05) is 0 Å². The Kier molecular flexibility index (Phi) is 5.45. The first-order chi connectivity index (χ1) is 13.0. The van der Waals surface area contributed by atoms with E-state index in [1.807, 2.05) is 26.0 Å². The summed E-state index contributed by atoms with van der Waals surface area (Å²) in [7, 11) is 1.56. The van der Waals surface area contributed by atoms with Crippen molar-refractivity contribution < 1.29 is 19.1 Å². The molecule has 0 aliphatic carbocycles. The maximum atomic E-state index is 12.6. The minimum absolute atomic E-state index is 0.0678. The van der Waals surface area contributed by atoms with Crippen LogP contribution in [0.5, 0.6) is 11.5 Å². The lowest BCUT2D eigenvalue weighted by Crippen LogP contribution is -2.30. The Balaban J connectivity index is 1.86. The van der Waals surface area contributed by atoms with Gasteiger partial charge in [-0.25, -0.2) is 9.69 Å². The zero-order valence-electron chi connectivity index (χ0n) is 15.6. The van der Waals surface area contributed by atoms with E-state index < -0.39 is 11.9 Å². The van der Waals surface area contributed by atoms with E-state index in [0.717, 1.165) is 16.9 Å². The zero-order valence-corrected chi connectivity index (χ0v) is 15.6. The minimum Gasteiger partial charge on any atom is -0.493 e. The first kappa shape index (κ1) is 18.5. The molecular weight excluding hydrogens is 344 g/mol. The third-order valence-corrected chi connectivity index (χ3v) is 4.29. The average molecular weight is 366 g/mol. The van der Waals surface area contributed by atoms with Crippen LogP contribution in [0.15, 0.2) is 54.2 Å². The number of urea groups is 1. The van der Waals surface area contributed by atoms with Crippen LogP contribution in [0.25, 0.3) is 6.08 Å². The molecule has 140 valence electrons. The second-order valence-corrected chi connectivity index (χ2v) is 6.21. The summed E-state index contributed by atoms with van der Waals surface area (Å²) >= 11 is 0. The van der Waals surface area contributed by atoms with Gasteiger partial charge in [0.1, 0.15) is 5.70 Å². The number of hydrogen-bond acceptors (Lipinski definition) is 4. The number of anilines is 1. The molecule has 0 bridgehead atoms. The first-order valence-corrected chi connectivity index (χ1v) is 8.80. The van der Waals surface area contributed by atoms with Crippen molar-refractivity contribution in [2.24, 2.45) is 0 Å². The molecular formula is C21H22N2O4. The molecule has 1 atom stereocenters. The summed E-state index contributed by atoms with van der Waals surface area (Å²) in [4.78, 5) is 26.0. The number of hydrogen-bond donors (Lipinski definition) is 1. The van der Waals surface area contributed by atoms with Crippen molar-refractivity contribution in [1.82, 2.24) is 5.32 Å². The summed E-state index contributed by atoms with van der Waals surface area (Å²) in [6, 6.07) is 13.7. The molecule has 3 amide bonds. The van der Waals surface area contributed by atoms with Gasteiger partial charge in [-0.05, 0) is 49.2 Å². The SMILES string of the molecule is CC[C@H](C)Oc1ccc(/C=C2/NC(=O)N(c3ccccc3)C2=O)cc1OC. The van der Waals surface area contributed by atoms with Crippen molar-refractivity contribution in [2.75, 3.05) is 12.0 Å². The molecule has 0 unspecified atom stereocenters. The molecule has 0 radical (unpaired) electrons. The van der Waals surface area contributed by atoms with Crippen molar-refractivity contribution in [3.63, 3.8) is 0 Å². The van der Waals surface area contributed by atoms with Crippen molar-refractivity contribution in [1.29, 1.82) is 0 Å². The van der Waals surface area contributed by atoms with E-state index in [1.165, 1.54) is 0 Å². The van der Waals surface area contributed by atoms with Gasteiger partial charge in [-0.3, -0.25) is 4.79 Å². The smallest absolute Gasteiger partial charge is 0.333 e. The summed E-state index contributed by atoms with van der Waals surface area (Å²) in [6.07, 6.45) is 2.57. The summed E-state index contributed by atoms with van der Waals surface area (Å²) in [5, 5.41) is 2.62. The number of para-hydroxylation sites is 1. The molecule has 6 heteroatoms. The lowest BCUT2D eigenvalue weighted by Gasteiger charge is -2.15. The van der Waals surface area contributed by atoms with Crippen LogP contribution in [-0.4, -0.2) is 25.2 Å². The second kappa shape index (κ2) is 7.95. The lowest BCUT2D eigenvalue weighted by atomic mass is 10.1. The van der Waals surface area contributed by atoms with Gasteiger partial charge < -0.3 is 14.8 Å². The fourth-order valence-electron chi connectivity index (χ4n) is 2.68. The number of nitrogens with one attached hydrogen (secondary N) is 1. The monoisotopic (exact) mass is 366 g/mol. The molecule has 1 fully saturated rings. The predicted molar refractivity (Wildman–Crippen MR) is 104 cm³/mol. The van der Waals surface area contributed by atoms with Crippen LogP contribution < -0.4 is 19.7 Å². The number of ether oxygens (including phenoxy) is 2.